The van der Waals surface area contributed by atoms with E-state index in [0.717, 1.165) is 12.8 Å². The van der Waals surface area contributed by atoms with Crippen LogP contribution in [0.15, 0.2) is 0 Å². The Bertz CT molecular complexity index is 177. The molecule has 0 aliphatic rings. The van der Waals surface area contributed by atoms with Crippen molar-refractivity contribution in [3.05, 3.63) is 0 Å². The Morgan fingerprint density at radius 2 is 1.73 bits per heavy atom. The minimum absolute atomic E-state index is 0.0907. The molecule has 0 fully saturated rings. The summed E-state index contributed by atoms with van der Waals surface area (Å²) in [6, 6.07) is 0. The van der Waals surface area contributed by atoms with Crippen LogP contribution >= 0.6 is 0 Å². The van der Waals surface area contributed by atoms with Crippen molar-refractivity contribution in [2.75, 3.05) is 0 Å². The molecule has 0 aliphatic carbocycles. The van der Waals surface area contributed by atoms with Crippen LogP contribution < -0.4 is 0 Å². The number of aliphatic hydroxyl groups is 1. The minimum Gasteiger partial charge on any atom is -0.389 e. The molecule has 90 valence electrons. The molecule has 0 aromatic rings. The smallest absolute Gasteiger partial charge is 0.132 e. The molecular formula is C13H26O2. The van der Waals surface area contributed by atoms with E-state index in [1.54, 1.807) is 6.92 Å². The molecule has 0 saturated heterocycles. The lowest BCUT2D eigenvalue weighted by atomic mass is 9.88. The van der Waals surface area contributed by atoms with Gasteiger partial charge in [-0.05, 0) is 19.8 Å². The van der Waals surface area contributed by atoms with Crippen LogP contribution in [-0.4, -0.2) is 16.5 Å². The van der Waals surface area contributed by atoms with E-state index >= 15 is 0 Å². The molecule has 0 radical (unpaired) electrons. The second-order valence-electron chi connectivity index (χ2n) is 4.62. The highest BCUT2D eigenvalue weighted by molar-refractivity contribution is 5.76. The Morgan fingerprint density at radius 3 is 2.20 bits per heavy atom. The van der Waals surface area contributed by atoms with Gasteiger partial charge in [0.15, 0.2) is 0 Å². The first-order valence-electron chi connectivity index (χ1n) is 6.26. The van der Waals surface area contributed by atoms with E-state index in [2.05, 4.69) is 6.92 Å². The molecule has 0 saturated carbocycles. The summed E-state index contributed by atoms with van der Waals surface area (Å²) < 4.78 is 0. The maximum absolute atomic E-state index is 11.0. The highest BCUT2D eigenvalue weighted by Gasteiger charge is 2.25. The summed E-state index contributed by atoms with van der Waals surface area (Å²) in [7, 11) is 0. The first kappa shape index (κ1) is 14.6. The molecule has 0 bridgehead atoms. The third-order valence-corrected chi connectivity index (χ3v) is 2.98. The quantitative estimate of drug-likeness (QED) is 0.597. The van der Waals surface area contributed by atoms with Crippen LogP contribution in [-0.2, 0) is 4.79 Å². The predicted molar refractivity (Wildman–Crippen MR) is 63.9 cm³/mol. The van der Waals surface area contributed by atoms with E-state index in [1.807, 2.05) is 6.92 Å². The van der Waals surface area contributed by atoms with Crippen LogP contribution in [0, 0.1) is 0 Å². The molecule has 0 aromatic carbocycles. The highest BCUT2D eigenvalue weighted by Crippen LogP contribution is 2.23. The normalized spacial score (nSPS) is 14.9. The van der Waals surface area contributed by atoms with Gasteiger partial charge in [-0.3, -0.25) is 4.79 Å². The lowest BCUT2D eigenvalue weighted by Crippen LogP contribution is -2.30. The minimum atomic E-state index is -0.738. The van der Waals surface area contributed by atoms with E-state index in [0.29, 0.717) is 12.8 Å². The van der Waals surface area contributed by atoms with Gasteiger partial charge in [0.2, 0.25) is 0 Å². The van der Waals surface area contributed by atoms with Gasteiger partial charge in [0, 0.05) is 6.42 Å². The average molecular weight is 214 g/mol. The Balaban J connectivity index is 3.73. The van der Waals surface area contributed by atoms with E-state index < -0.39 is 5.60 Å². The molecule has 0 amide bonds. The summed E-state index contributed by atoms with van der Waals surface area (Å²) in [6.45, 7) is 5.70. The molecule has 1 N–H and O–H groups in total. The number of carbonyl (C=O) groups excluding carboxylic acids is 1. The molecule has 0 heterocycles. The lowest BCUT2D eigenvalue weighted by molar-refractivity contribution is -0.122. The number of unbranched alkanes of at least 4 members (excludes halogenated alkanes) is 4. The number of hydrogen-bond acceptors (Lipinski definition) is 2. The van der Waals surface area contributed by atoms with Crippen molar-refractivity contribution in [3.63, 3.8) is 0 Å². The standard InChI is InChI=1S/C13H26O2/c1-4-6-7-8-9-10-13(15,5-2)11-12(3)14/h15H,4-11H2,1-3H3. The summed E-state index contributed by atoms with van der Waals surface area (Å²) >= 11 is 0. The van der Waals surface area contributed by atoms with Crippen LogP contribution in [0.5, 0.6) is 0 Å². The van der Waals surface area contributed by atoms with Crippen LogP contribution in [0.3, 0.4) is 0 Å². The van der Waals surface area contributed by atoms with Gasteiger partial charge in [0.05, 0.1) is 5.60 Å². The fourth-order valence-electron chi connectivity index (χ4n) is 1.91. The highest BCUT2D eigenvalue weighted by atomic mass is 16.3. The summed E-state index contributed by atoms with van der Waals surface area (Å²) in [5.41, 5.74) is -0.738. The van der Waals surface area contributed by atoms with Crippen LogP contribution in [0.4, 0.5) is 0 Å². The second-order valence-corrected chi connectivity index (χ2v) is 4.62. The fraction of sp³-hybridized carbons (Fsp3) is 0.923. The van der Waals surface area contributed by atoms with Crippen LogP contribution in [0.1, 0.15) is 72.1 Å². The molecule has 2 heteroatoms. The molecule has 2 nitrogen and oxygen atoms in total. The van der Waals surface area contributed by atoms with Gasteiger partial charge in [-0.2, -0.15) is 0 Å². The zero-order chi connectivity index (χ0) is 11.7. The molecule has 1 atom stereocenters. The lowest BCUT2D eigenvalue weighted by Gasteiger charge is -2.25. The van der Waals surface area contributed by atoms with Gasteiger partial charge in [0.25, 0.3) is 0 Å². The summed E-state index contributed by atoms with van der Waals surface area (Å²) in [5.74, 6) is 0.0907. The maximum Gasteiger partial charge on any atom is 0.132 e. The average Bonchev–Trinajstić information content (AvgIpc) is 2.16. The third-order valence-electron chi connectivity index (χ3n) is 2.98. The van der Waals surface area contributed by atoms with E-state index in [1.165, 1.54) is 25.7 Å². The Hall–Kier alpha value is -0.370. The van der Waals surface area contributed by atoms with E-state index in [4.69, 9.17) is 0 Å². The molecule has 0 aliphatic heterocycles. The number of hydrogen-bond donors (Lipinski definition) is 1. The summed E-state index contributed by atoms with van der Waals surface area (Å²) in [6.07, 6.45) is 7.75. The van der Waals surface area contributed by atoms with Gasteiger partial charge in [-0.1, -0.05) is 46.0 Å². The van der Waals surface area contributed by atoms with Crippen molar-refractivity contribution < 1.29 is 9.90 Å². The zero-order valence-corrected chi connectivity index (χ0v) is 10.5. The third kappa shape index (κ3) is 7.55. The van der Waals surface area contributed by atoms with E-state index in [9.17, 15) is 9.90 Å². The first-order valence-corrected chi connectivity index (χ1v) is 6.26. The van der Waals surface area contributed by atoms with Crippen LogP contribution in [0.25, 0.3) is 0 Å². The van der Waals surface area contributed by atoms with Crippen molar-refractivity contribution in [1.82, 2.24) is 0 Å². The number of Topliss-reactive ketones (excluding diaryl/α,β-unsaturated/α-hetero) is 1. The van der Waals surface area contributed by atoms with Crippen molar-refractivity contribution in [2.24, 2.45) is 0 Å². The van der Waals surface area contributed by atoms with Crippen molar-refractivity contribution in [2.45, 2.75) is 77.7 Å². The SMILES string of the molecule is CCCCCCCC(O)(CC)CC(C)=O. The Kier molecular flexibility index (Phi) is 7.67. The summed E-state index contributed by atoms with van der Waals surface area (Å²) in [5, 5.41) is 10.1. The van der Waals surface area contributed by atoms with Crippen molar-refractivity contribution in [3.8, 4) is 0 Å². The predicted octanol–water partition coefficient (Wildman–Crippen LogP) is 3.47. The second kappa shape index (κ2) is 7.86. The number of ketones is 1. The molecule has 0 rings (SSSR count). The Labute approximate surface area is 94.1 Å². The van der Waals surface area contributed by atoms with Crippen molar-refractivity contribution >= 4 is 5.78 Å². The van der Waals surface area contributed by atoms with Gasteiger partial charge in [-0.15, -0.1) is 0 Å². The van der Waals surface area contributed by atoms with Gasteiger partial charge >= 0.3 is 0 Å². The topological polar surface area (TPSA) is 37.3 Å². The number of rotatable bonds is 9. The van der Waals surface area contributed by atoms with Gasteiger partial charge < -0.3 is 5.11 Å². The molecule has 1 unspecified atom stereocenters. The number of carbonyl (C=O) groups is 1. The first-order chi connectivity index (χ1) is 7.04. The maximum atomic E-state index is 11.0. The molecule has 0 spiro atoms. The van der Waals surface area contributed by atoms with Gasteiger partial charge in [-0.25, -0.2) is 0 Å². The molecule has 15 heavy (non-hydrogen) atoms. The van der Waals surface area contributed by atoms with Crippen LogP contribution in [0.2, 0.25) is 0 Å². The fourth-order valence-corrected chi connectivity index (χ4v) is 1.91. The largest absolute Gasteiger partial charge is 0.389 e. The summed E-state index contributed by atoms with van der Waals surface area (Å²) in [4.78, 5) is 11.0. The van der Waals surface area contributed by atoms with E-state index in [-0.39, 0.29) is 5.78 Å². The van der Waals surface area contributed by atoms with Crippen molar-refractivity contribution in [1.29, 1.82) is 0 Å². The molecule has 0 aromatic heterocycles. The zero-order valence-electron chi connectivity index (χ0n) is 10.5. The Morgan fingerprint density at radius 1 is 1.13 bits per heavy atom. The molecular weight excluding hydrogens is 188 g/mol. The monoisotopic (exact) mass is 214 g/mol. The van der Waals surface area contributed by atoms with Gasteiger partial charge in [0.1, 0.15) is 5.78 Å².